The lowest BCUT2D eigenvalue weighted by atomic mass is 10.1. The van der Waals surface area contributed by atoms with Gasteiger partial charge in [-0.3, -0.25) is 9.78 Å². The Labute approximate surface area is 135 Å². The lowest BCUT2D eigenvalue weighted by Gasteiger charge is -2.07. The highest BCUT2D eigenvalue weighted by Gasteiger charge is 2.07. The molecule has 1 heterocycles. The first kappa shape index (κ1) is 15.2. The lowest BCUT2D eigenvalue weighted by molar-refractivity contribution is 0.102. The van der Waals surface area contributed by atoms with E-state index in [1.165, 1.54) is 5.56 Å². The average molecular weight is 398 g/mol. The van der Waals surface area contributed by atoms with Gasteiger partial charge in [-0.1, -0.05) is 28.1 Å². The van der Waals surface area contributed by atoms with E-state index in [4.69, 9.17) is 0 Å². The number of alkyl halides is 1. The molecule has 0 spiro atoms. The summed E-state index contributed by atoms with van der Waals surface area (Å²) in [4.78, 5) is 16.1. The molecule has 5 heteroatoms. The zero-order chi connectivity index (χ0) is 14.4. The number of nitrogens with zero attached hydrogens (tertiary/aromatic N) is 1. The molecular weight excluding hydrogens is 384 g/mol. The SMILES string of the molecule is O=C(Nc1cccc(CCCBr)c1)c1cncc(Br)c1. The van der Waals surface area contributed by atoms with Crippen LogP contribution in [0.4, 0.5) is 5.69 Å². The van der Waals surface area contributed by atoms with Gasteiger partial charge in [-0.25, -0.2) is 0 Å². The van der Waals surface area contributed by atoms with E-state index in [1.807, 2.05) is 18.2 Å². The number of nitrogens with one attached hydrogen (secondary N) is 1. The van der Waals surface area contributed by atoms with Crippen LogP contribution in [0.3, 0.4) is 0 Å². The summed E-state index contributed by atoms with van der Waals surface area (Å²) in [5.41, 5.74) is 2.56. The number of carbonyl (C=O) groups is 1. The van der Waals surface area contributed by atoms with E-state index in [1.54, 1.807) is 18.5 Å². The van der Waals surface area contributed by atoms with Crippen molar-refractivity contribution in [2.45, 2.75) is 12.8 Å². The van der Waals surface area contributed by atoms with Gasteiger partial charge in [0.05, 0.1) is 5.56 Å². The number of pyridine rings is 1. The van der Waals surface area contributed by atoms with E-state index >= 15 is 0 Å². The van der Waals surface area contributed by atoms with Crippen molar-refractivity contribution >= 4 is 43.5 Å². The molecule has 1 amide bonds. The van der Waals surface area contributed by atoms with Crippen molar-refractivity contribution in [1.82, 2.24) is 4.98 Å². The van der Waals surface area contributed by atoms with Crippen LogP contribution in [0.5, 0.6) is 0 Å². The van der Waals surface area contributed by atoms with Gasteiger partial charge in [-0.15, -0.1) is 0 Å². The number of benzene rings is 1. The number of hydrogen-bond acceptors (Lipinski definition) is 2. The Morgan fingerprint density at radius 1 is 1.25 bits per heavy atom. The largest absolute Gasteiger partial charge is 0.322 e. The molecule has 0 fully saturated rings. The third-order valence-corrected chi connectivity index (χ3v) is 3.75. The van der Waals surface area contributed by atoms with Crippen LogP contribution < -0.4 is 5.32 Å². The summed E-state index contributed by atoms with van der Waals surface area (Å²) in [7, 11) is 0. The first-order valence-electron chi connectivity index (χ1n) is 6.26. The molecule has 2 aromatic rings. The number of aryl methyl sites for hydroxylation is 1. The molecule has 1 N–H and O–H groups in total. The van der Waals surface area contributed by atoms with Crippen molar-refractivity contribution in [2.75, 3.05) is 10.6 Å². The van der Waals surface area contributed by atoms with Gasteiger partial charge in [0.2, 0.25) is 0 Å². The molecule has 1 aromatic carbocycles. The van der Waals surface area contributed by atoms with Crippen LogP contribution in [0.25, 0.3) is 0 Å². The highest BCUT2D eigenvalue weighted by Crippen LogP contribution is 2.15. The van der Waals surface area contributed by atoms with Crippen LogP contribution in [0.1, 0.15) is 22.3 Å². The van der Waals surface area contributed by atoms with Crippen molar-refractivity contribution in [3.63, 3.8) is 0 Å². The summed E-state index contributed by atoms with van der Waals surface area (Å²) in [6, 6.07) is 9.67. The van der Waals surface area contributed by atoms with Gasteiger partial charge in [-0.2, -0.15) is 0 Å². The number of anilines is 1. The smallest absolute Gasteiger partial charge is 0.257 e. The van der Waals surface area contributed by atoms with Crippen LogP contribution in [0.2, 0.25) is 0 Å². The van der Waals surface area contributed by atoms with Gasteiger partial charge in [-0.05, 0) is 52.5 Å². The molecule has 2 rings (SSSR count). The monoisotopic (exact) mass is 396 g/mol. The molecule has 0 unspecified atom stereocenters. The minimum Gasteiger partial charge on any atom is -0.322 e. The lowest BCUT2D eigenvalue weighted by Crippen LogP contribution is -2.12. The van der Waals surface area contributed by atoms with Gasteiger partial charge < -0.3 is 5.32 Å². The Morgan fingerprint density at radius 2 is 2.10 bits per heavy atom. The Bertz CT molecular complexity index is 602. The normalized spacial score (nSPS) is 10.3. The summed E-state index contributed by atoms with van der Waals surface area (Å²) >= 11 is 6.73. The molecule has 3 nitrogen and oxygen atoms in total. The van der Waals surface area contributed by atoms with Crippen molar-refractivity contribution in [2.24, 2.45) is 0 Å². The van der Waals surface area contributed by atoms with Gasteiger partial charge in [0.1, 0.15) is 0 Å². The fourth-order valence-electron chi connectivity index (χ4n) is 1.81. The van der Waals surface area contributed by atoms with Gasteiger partial charge >= 0.3 is 0 Å². The maximum atomic E-state index is 12.1. The van der Waals surface area contributed by atoms with Crippen LogP contribution in [0.15, 0.2) is 47.2 Å². The molecule has 104 valence electrons. The molecule has 0 atom stereocenters. The molecule has 20 heavy (non-hydrogen) atoms. The van der Waals surface area contributed by atoms with Gasteiger partial charge in [0, 0.05) is 27.9 Å². The zero-order valence-electron chi connectivity index (χ0n) is 10.8. The Morgan fingerprint density at radius 3 is 2.85 bits per heavy atom. The second kappa shape index (κ2) is 7.55. The Kier molecular flexibility index (Phi) is 5.73. The molecule has 0 bridgehead atoms. The average Bonchev–Trinajstić information content (AvgIpc) is 2.45. The molecule has 1 aromatic heterocycles. The van der Waals surface area contributed by atoms with E-state index in [2.05, 4.69) is 48.2 Å². The minimum atomic E-state index is -0.156. The summed E-state index contributed by atoms with van der Waals surface area (Å²) < 4.78 is 0.788. The quantitative estimate of drug-likeness (QED) is 0.758. The number of halogens is 2. The molecular formula is C15H14Br2N2O. The highest BCUT2D eigenvalue weighted by molar-refractivity contribution is 9.10. The second-order valence-corrected chi connectivity index (χ2v) is 6.05. The standard InChI is InChI=1S/C15H14Br2N2O/c16-6-2-4-11-3-1-5-14(7-11)19-15(20)12-8-13(17)10-18-9-12/h1,3,5,7-10H,2,4,6H2,(H,19,20). The second-order valence-electron chi connectivity index (χ2n) is 4.34. The number of aromatic nitrogens is 1. The number of carbonyl (C=O) groups excluding carboxylic acids is 1. The maximum absolute atomic E-state index is 12.1. The van der Waals surface area contributed by atoms with Crippen molar-refractivity contribution < 1.29 is 4.79 Å². The maximum Gasteiger partial charge on any atom is 0.257 e. The van der Waals surface area contributed by atoms with Crippen molar-refractivity contribution in [3.05, 3.63) is 58.3 Å². The van der Waals surface area contributed by atoms with E-state index in [9.17, 15) is 4.79 Å². The third-order valence-electron chi connectivity index (χ3n) is 2.75. The van der Waals surface area contributed by atoms with E-state index in [0.717, 1.165) is 28.3 Å². The van der Waals surface area contributed by atoms with E-state index in [0.29, 0.717) is 5.56 Å². The molecule has 0 saturated heterocycles. The predicted molar refractivity (Wildman–Crippen MR) is 88.4 cm³/mol. The fourth-order valence-corrected chi connectivity index (χ4v) is 2.46. The summed E-state index contributed by atoms with van der Waals surface area (Å²) in [5.74, 6) is -0.156. The van der Waals surface area contributed by atoms with Gasteiger partial charge in [0.25, 0.3) is 5.91 Å². The van der Waals surface area contributed by atoms with Crippen LogP contribution in [-0.4, -0.2) is 16.2 Å². The molecule has 0 aliphatic carbocycles. The number of hydrogen-bond donors (Lipinski definition) is 1. The highest BCUT2D eigenvalue weighted by atomic mass is 79.9. The summed E-state index contributed by atoms with van der Waals surface area (Å²) in [6.45, 7) is 0. The summed E-state index contributed by atoms with van der Waals surface area (Å²) in [5, 5.41) is 3.87. The van der Waals surface area contributed by atoms with Crippen molar-refractivity contribution in [1.29, 1.82) is 0 Å². The first-order chi connectivity index (χ1) is 9.69. The zero-order valence-corrected chi connectivity index (χ0v) is 13.9. The first-order valence-corrected chi connectivity index (χ1v) is 8.17. The van der Waals surface area contributed by atoms with E-state index in [-0.39, 0.29) is 5.91 Å². The van der Waals surface area contributed by atoms with E-state index < -0.39 is 0 Å². The molecule has 0 aliphatic rings. The minimum absolute atomic E-state index is 0.156. The molecule has 0 saturated carbocycles. The summed E-state index contributed by atoms with van der Waals surface area (Å²) in [6.07, 6.45) is 5.27. The topological polar surface area (TPSA) is 42.0 Å². The predicted octanol–water partition coefficient (Wildman–Crippen LogP) is 4.42. The molecule has 0 aliphatic heterocycles. The van der Waals surface area contributed by atoms with Crippen LogP contribution in [-0.2, 0) is 6.42 Å². The van der Waals surface area contributed by atoms with Crippen LogP contribution >= 0.6 is 31.9 Å². The molecule has 0 radical (unpaired) electrons. The fraction of sp³-hybridized carbons (Fsp3) is 0.200. The van der Waals surface area contributed by atoms with Gasteiger partial charge in [0.15, 0.2) is 0 Å². The van der Waals surface area contributed by atoms with Crippen LogP contribution in [0, 0.1) is 0 Å². The Balaban J connectivity index is 2.07. The number of rotatable bonds is 5. The Hall–Kier alpha value is -1.20. The third kappa shape index (κ3) is 4.42. The number of amides is 1. The van der Waals surface area contributed by atoms with Crippen molar-refractivity contribution in [3.8, 4) is 0 Å².